The van der Waals surface area contributed by atoms with Crippen molar-refractivity contribution in [2.24, 2.45) is 0 Å². The minimum Gasteiger partial charge on any atom is -0.494 e. The molecule has 25 heavy (non-hydrogen) atoms. The highest BCUT2D eigenvalue weighted by atomic mass is 35.5. The Balaban J connectivity index is 1.77. The van der Waals surface area contributed by atoms with Crippen LogP contribution in [0.25, 0.3) is 10.9 Å². The fraction of sp³-hybridized carbons (Fsp3) is 0.200. The molecule has 1 amide bonds. The molecule has 0 fully saturated rings. The third-order valence-corrected chi connectivity index (χ3v) is 4.14. The standard InChI is InChI=1S/C20H19ClN2O2/c1-3-25-17-6-4-5-14(12-17)13(2)22-20(24)16-7-9-18-15(11-16)8-10-19(21)23-18/h4-13H,3H2,1-2H3,(H,22,24). The van der Waals surface area contributed by atoms with Crippen molar-refractivity contribution in [1.82, 2.24) is 10.3 Å². The largest absolute Gasteiger partial charge is 0.494 e. The number of aromatic nitrogens is 1. The van der Waals surface area contributed by atoms with Gasteiger partial charge < -0.3 is 10.1 Å². The summed E-state index contributed by atoms with van der Waals surface area (Å²) < 4.78 is 5.51. The molecule has 5 heteroatoms. The predicted molar refractivity (Wildman–Crippen MR) is 100 cm³/mol. The summed E-state index contributed by atoms with van der Waals surface area (Å²) in [6.07, 6.45) is 0. The van der Waals surface area contributed by atoms with Crippen LogP contribution < -0.4 is 10.1 Å². The summed E-state index contributed by atoms with van der Waals surface area (Å²) in [6.45, 7) is 4.50. The lowest BCUT2D eigenvalue weighted by atomic mass is 10.1. The second kappa shape index (κ2) is 7.53. The number of hydrogen-bond acceptors (Lipinski definition) is 3. The van der Waals surface area contributed by atoms with Crippen molar-refractivity contribution in [2.75, 3.05) is 6.61 Å². The maximum atomic E-state index is 12.6. The highest BCUT2D eigenvalue weighted by Gasteiger charge is 2.13. The first-order valence-corrected chi connectivity index (χ1v) is 8.54. The zero-order valence-corrected chi connectivity index (χ0v) is 14.9. The van der Waals surface area contributed by atoms with Crippen LogP contribution >= 0.6 is 11.6 Å². The fourth-order valence-corrected chi connectivity index (χ4v) is 2.80. The Morgan fingerprint density at radius 2 is 2.04 bits per heavy atom. The lowest BCUT2D eigenvalue weighted by molar-refractivity contribution is 0.0940. The average Bonchev–Trinajstić information content (AvgIpc) is 2.61. The predicted octanol–water partition coefficient (Wildman–Crippen LogP) is 4.78. The lowest BCUT2D eigenvalue weighted by Crippen LogP contribution is -2.26. The molecule has 1 unspecified atom stereocenters. The minimum atomic E-state index is -0.133. The van der Waals surface area contributed by atoms with E-state index < -0.39 is 0 Å². The quantitative estimate of drug-likeness (QED) is 0.671. The van der Waals surface area contributed by atoms with Gasteiger partial charge in [-0.2, -0.15) is 0 Å². The fourth-order valence-electron chi connectivity index (χ4n) is 2.65. The molecule has 1 atom stereocenters. The molecular weight excluding hydrogens is 336 g/mol. The number of carbonyl (C=O) groups is 1. The first-order valence-electron chi connectivity index (χ1n) is 8.17. The summed E-state index contributed by atoms with van der Waals surface area (Å²) in [5, 5.41) is 4.33. The van der Waals surface area contributed by atoms with Crippen molar-refractivity contribution in [1.29, 1.82) is 0 Å². The molecule has 3 aromatic rings. The average molecular weight is 355 g/mol. The summed E-state index contributed by atoms with van der Waals surface area (Å²) in [5.41, 5.74) is 2.35. The molecule has 0 aliphatic heterocycles. The number of fused-ring (bicyclic) bond motifs is 1. The topological polar surface area (TPSA) is 51.2 Å². The van der Waals surface area contributed by atoms with Crippen molar-refractivity contribution in [2.45, 2.75) is 19.9 Å². The summed E-state index contributed by atoms with van der Waals surface area (Å²) >= 11 is 5.89. The summed E-state index contributed by atoms with van der Waals surface area (Å²) in [4.78, 5) is 16.8. The number of hydrogen-bond donors (Lipinski definition) is 1. The van der Waals surface area contributed by atoms with Gasteiger partial charge in [-0.1, -0.05) is 23.7 Å². The van der Waals surface area contributed by atoms with Crippen LogP contribution in [0.2, 0.25) is 5.15 Å². The normalized spacial score (nSPS) is 12.0. The number of nitrogens with zero attached hydrogens (tertiary/aromatic N) is 1. The molecule has 0 bridgehead atoms. The number of nitrogens with one attached hydrogen (secondary N) is 1. The van der Waals surface area contributed by atoms with Gasteiger partial charge in [-0.3, -0.25) is 4.79 Å². The Bertz CT molecular complexity index is 911. The van der Waals surface area contributed by atoms with Gasteiger partial charge in [0.15, 0.2) is 0 Å². The van der Waals surface area contributed by atoms with Crippen LogP contribution in [0.3, 0.4) is 0 Å². The summed E-state index contributed by atoms with van der Waals surface area (Å²) in [7, 11) is 0. The van der Waals surface area contributed by atoms with Crippen molar-refractivity contribution >= 4 is 28.4 Å². The zero-order valence-electron chi connectivity index (χ0n) is 14.1. The van der Waals surface area contributed by atoms with Gasteiger partial charge in [-0.25, -0.2) is 4.98 Å². The summed E-state index contributed by atoms with van der Waals surface area (Å²) in [5.74, 6) is 0.668. The van der Waals surface area contributed by atoms with E-state index in [0.29, 0.717) is 17.3 Å². The van der Waals surface area contributed by atoms with E-state index in [4.69, 9.17) is 16.3 Å². The second-order valence-corrected chi connectivity index (χ2v) is 6.13. The molecule has 0 spiro atoms. The first-order chi connectivity index (χ1) is 12.1. The van der Waals surface area contributed by atoms with Gasteiger partial charge in [0.05, 0.1) is 18.2 Å². The third kappa shape index (κ3) is 4.09. The molecule has 3 rings (SSSR count). The van der Waals surface area contributed by atoms with Gasteiger partial charge >= 0.3 is 0 Å². The van der Waals surface area contributed by atoms with Crippen LogP contribution in [-0.2, 0) is 0 Å². The van der Waals surface area contributed by atoms with E-state index in [2.05, 4.69) is 10.3 Å². The molecule has 0 radical (unpaired) electrons. The van der Waals surface area contributed by atoms with E-state index in [1.54, 1.807) is 18.2 Å². The lowest BCUT2D eigenvalue weighted by Gasteiger charge is -2.16. The van der Waals surface area contributed by atoms with Gasteiger partial charge in [0, 0.05) is 10.9 Å². The van der Waals surface area contributed by atoms with Crippen LogP contribution in [0.15, 0.2) is 54.6 Å². The van der Waals surface area contributed by atoms with Gasteiger partial charge in [0.1, 0.15) is 10.9 Å². The minimum absolute atomic E-state index is 0.132. The number of halogens is 1. The number of rotatable bonds is 5. The Morgan fingerprint density at radius 3 is 2.84 bits per heavy atom. The highest BCUT2D eigenvalue weighted by Crippen LogP contribution is 2.21. The molecule has 4 nitrogen and oxygen atoms in total. The molecule has 0 saturated heterocycles. The van der Waals surface area contributed by atoms with Crippen LogP contribution in [0, 0.1) is 0 Å². The SMILES string of the molecule is CCOc1cccc(C(C)NC(=O)c2ccc3nc(Cl)ccc3c2)c1. The molecule has 1 aromatic heterocycles. The van der Waals surface area contributed by atoms with E-state index >= 15 is 0 Å². The Morgan fingerprint density at radius 1 is 1.20 bits per heavy atom. The van der Waals surface area contributed by atoms with E-state index in [0.717, 1.165) is 22.2 Å². The number of ether oxygens (including phenoxy) is 1. The smallest absolute Gasteiger partial charge is 0.251 e. The number of benzene rings is 2. The first kappa shape index (κ1) is 17.2. The molecule has 128 valence electrons. The van der Waals surface area contributed by atoms with Crippen molar-refractivity contribution in [3.05, 3.63) is 70.9 Å². The maximum absolute atomic E-state index is 12.6. The van der Waals surface area contributed by atoms with Crippen LogP contribution in [0.1, 0.15) is 35.8 Å². The third-order valence-electron chi connectivity index (χ3n) is 3.93. The van der Waals surface area contributed by atoms with Crippen molar-refractivity contribution < 1.29 is 9.53 Å². The molecule has 0 saturated carbocycles. The van der Waals surface area contributed by atoms with Gasteiger partial charge in [0.2, 0.25) is 0 Å². The van der Waals surface area contributed by atoms with Crippen LogP contribution in [-0.4, -0.2) is 17.5 Å². The highest BCUT2D eigenvalue weighted by molar-refractivity contribution is 6.29. The van der Waals surface area contributed by atoms with Gasteiger partial charge in [-0.05, 0) is 61.9 Å². The molecular formula is C20H19ClN2O2. The van der Waals surface area contributed by atoms with Gasteiger partial charge in [-0.15, -0.1) is 0 Å². The Hall–Kier alpha value is -2.59. The second-order valence-electron chi connectivity index (χ2n) is 5.74. The van der Waals surface area contributed by atoms with Crippen LogP contribution in [0.4, 0.5) is 0 Å². The van der Waals surface area contributed by atoms with Crippen LogP contribution in [0.5, 0.6) is 5.75 Å². The van der Waals surface area contributed by atoms with Crippen molar-refractivity contribution in [3.63, 3.8) is 0 Å². The van der Waals surface area contributed by atoms with E-state index in [1.165, 1.54) is 0 Å². The van der Waals surface area contributed by atoms with Gasteiger partial charge in [0.25, 0.3) is 5.91 Å². The molecule has 1 N–H and O–H groups in total. The summed E-state index contributed by atoms with van der Waals surface area (Å²) in [6, 6.07) is 16.6. The van der Waals surface area contributed by atoms with E-state index in [-0.39, 0.29) is 11.9 Å². The molecule has 0 aliphatic carbocycles. The van der Waals surface area contributed by atoms with E-state index in [9.17, 15) is 4.79 Å². The van der Waals surface area contributed by atoms with Crippen molar-refractivity contribution in [3.8, 4) is 5.75 Å². The molecule has 2 aromatic carbocycles. The van der Waals surface area contributed by atoms with E-state index in [1.807, 2.05) is 50.2 Å². The number of carbonyl (C=O) groups excluding carboxylic acids is 1. The number of pyridine rings is 1. The molecule has 0 aliphatic rings. The number of amides is 1. The zero-order chi connectivity index (χ0) is 17.8. The maximum Gasteiger partial charge on any atom is 0.251 e. The monoisotopic (exact) mass is 354 g/mol. The Kier molecular flexibility index (Phi) is 5.19. The Labute approximate surface area is 151 Å². The molecule has 1 heterocycles.